The Kier molecular flexibility index (Phi) is 5.07. The Morgan fingerprint density at radius 1 is 1.15 bits per heavy atom. The van der Waals surface area contributed by atoms with Crippen molar-refractivity contribution in [3.63, 3.8) is 0 Å². The molecular weight excluding hydrogens is 324 g/mol. The van der Waals surface area contributed by atoms with Gasteiger partial charge in [-0.2, -0.15) is 0 Å². The van der Waals surface area contributed by atoms with E-state index in [0.717, 1.165) is 45.4 Å². The molecule has 1 spiro atoms. The molecule has 0 bridgehead atoms. The van der Waals surface area contributed by atoms with E-state index in [1.165, 1.54) is 24.0 Å². The molecule has 4 nitrogen and oxygen atoms in total. The van der Waals surface area contributed by atoms with E-state index in [9.17, 15) is 4.79 Å². The molecule has 1 atom stereocenters. The molecule has 1 aromatic carbocycles. The van der Waals surface area contributed by atoms with Gasteiger partial charge in [-0.1, -0.05) is 24.3 Å². The maximum Gasteiger partial charge on any atom is 0.222 e. The molecular formula is C22H32N2O2. The molecule has 1 unspecified atom stereocenters. The number of fused-ring (bicyclic) bond motifs is 1. The highest BCUT2D eigenvalue weighted by Gasteiger charge is 2.46. The number of rotatable bonds is 4. The summed E-state index contributed by atoms with van der Waals surface area (Å²) in [5, 5.41) is 0. The number of likely N-dealkylation sites (tertiary alicyclic amines) is 2. The topological polar surface area (TPSA) is 32.8 Å². The van der Waals surface area contributed by atoms with Crippen LogP contribution in [-0.2, 0) is 22.4 Å². The lowest BCUT2D eigenvalue weighted by atomic mass is 9.85. The van der Waals surface area contributed by atoms with Crippen LogP contribution in [0.3, 0.4) is 0 Å². The van der Waals surface area contributed by atoms with Crippen LogP contribution >= 0.6 is 0 Å². The van der Waals surface area contributed by atoms with Crippen LogP contribution in [0.1, 0.15) is 43.2 Å². The first-order chi connectivity index (χ1) is 12.6. The summed E-state index contributed by atoms with van der Waals surface area (Å²) in [6.07, 6.45) is 7.54. The normalized spacial score (nSPS) is 25.8. The highest BCUT2D eigenvalue weighted by atomic mass is 16.5. The molecule has 2 saturated heterocycles. The predicted octanol–water partition coefficient (Wildman–Crippen LogP) is 2.89. The molecule has 0 radical (unpaired) electrons. The molecule has 3 aliphatic rings. The van der Waals surface area contributed by atoms with Gasteiger partial charge < -0.3 is 9.64 Å². The van der Waals surface area contributed by atoms with Gasteiger partial charge in [-0.25, -0.2) is 0 Å². The summed E-state index contributed by atoms with van der Waals surface area (Å²) in [5.74, 6) is 0.864. The molecule has 1 aliphatic carbocycles. The number of ether oxygens (including phenoxy) is 1. The molecule has 26 heavy (non-hydrogen) atoms. The van der Waals surface area contributed by atoms with E-state index in [1.54, 1.807) is 7.11 Å². The van der Waals surface area contributed by atoms with Crippen LogP contribution in [0.4, 0.5) is 0 Å². The minimum Gasteiger partial charge on any atom is -0.383 e. The molecule has 4 rings (SSSR count). The Labute approximate surface area is 157 Å². The molecule has 2 aliphatic heterocycles. The fourth-order valence-electron chi connectivity index (χ4n) is 5.53. The van der Waals surface area contributed by atoms with Gasteiger partial charge in [0, 0.05) is 38.2 Å². The third kappa shape index (κ3) is 3.29. The van der Waals surface area contributed by atoms with Crippen molar-refractivity contribution in [2.75, 3.05) is 33.9 Å². The fourth-order valence-corrected chi connectivity index (χ4v) is 5.53. The second-order valence-electron chi connectivity index (χ2n) is 8.61. The van der Waals surface area contributed by atoms with Crippen LogP contribution in [0.15, 0.2) is 24.3 Å². The molecule has 0 saturated carbocycles. The van der Waals surface area contributed by atoms with E-state index in [-0.39, 0.29) is 0 Å². The largest absolute Gasteiger partial charge is 0.383 e. The number of hydrogen-bond acceptors (Lipinski definition) is 3. The van der Waals surface area contributed by atoms with Gasteiger partial charge in [-0.05, 0) is 62.6 Å². The van der Waals surface area contributed by atoms with Crippen LogP contribution in [-0.4, -0.2) is 61.1 Å². The SMILES string of the molecule is COCC1CCC2(CCN(C(=O)CC3Cc4ccccc4C3)CC2)N1C. The standard InChI is InChI=1S/C22H32N2O2/c1-23-20(16-26-2)7-8-22(23)9-11-24(12-10-22)21(25)15-17-13-18-5-3-4-6-19(18)14-17/h3-6,17,20H,7-16H2,1-2H3. The van der Waals surface area contributed by atoms with Crippen molar-refractivity contribution in [1.29, 1.82) is 0 Å². The van der Waals surface area contributed by atoms with Gasteiger partial charge in [0.25, 0.3) is 0 Å². The van der Waals surface area contributed by atoms with Crippen LogP contribution in [0.2, 0.25) is 0 Å². The number of likely N-dealkylation sites (N-methyl/N-ethyl adjacent to an activating group) is 1. The first-order valence-corrected chi connectivity index (χ1v) is 10.2. The lowest BCUT2D eigenvalue weighted by Gasteiger charge is -2.45. The maximum absolute atomic E-state index is 12.8. The van der Waals surface area contributed by atoms with E-state index in [1.807, 2.05) is 0 Å². The van der Waals surface area contributed by atoms with Gasteiger partial charge in [-0.15, -0.1) is 0 Å². The maximum atomic E-state index is 12.8. The lowest BCUT2D eigenvalue weighted by molar-refractivity contribution is -0.134. The van der Waals surface area contributed by atoms with E-state index in [4.69, 9.17) is 4.74 Å². The van der Waals surface area contributed by atoms with Crippen LogP contribution in [0.5, 0.6) is 0 Å². The van der Waals surface area contributed by atoms with Crippen molar-refractivity contribution < 1.29 is 9.53 Å². The highest BCUT2D eigenvalue weighted by Crippen LogP contribution is 2.41. The molecule has 142 valence electrons. The summed E-state index contributed by atoms with van der Waals surface area (Å²) in [6.45, 7) is 2.66. The van der Waals surface area contributed by atoms with Crippen LogP contribution in [0.25, 0.3) is 0 Å². The summed E-state index contributed by atoms with van der Waals surface area (Å²) in [5.41, 5.74) is 3.18. The van der Waals surface area contributed by atoms with E-state index < -0.39 is 0 Å². The van der Waals surface area contributed by atoms with E-state index in [0.29, 0.717) is 29.8 Å². The van der Waals surface area contributed by atoms with Crippen LogP contribution < -0.4 is 0 Å². The summed E-state index contributed by atoms with van der Waals surface area (Å²) in [6, 6.07) is 9.21. The average molecular weight is 357 g/mol. The second-order valence-corrected chi connectivity index (χ2v) is 8.61. The fraction of sp³-hybridized carbons (Fsp3) is 0.682. The number of carbonyl (C=O) groups is 1. The molecule has 0 N–H and O–H groups in total. The van der Waals surface area contributed by atoms with Crippen LogP contribution in [0, 0.1) is 5.92 Å². The molecule has 0 aromatic heterocycles. The first kappa shape index (κ1) is 18.0. The second kappa shape index (κ2) is 7.32. The zero-order valence-corrected chi connectivity index (χ0v) is 16.2. The Bertz CT molecular complexity index is 626. The smallest absolute Gasteiger partial charge is 0.222 e. The molecule has 1 amide bonds. The number of benzene rings is 1. The molecule has 1 aromatic rings. The van der Waals surface area contributed by atoms with Crippen molar-refractivity contribution in [3.05, 3.63) is 35.4 Å². The highest BCUT2D eigenvalue weighted by molar-refractivity contribution is 5.76. The number of nitrogens with zero attached hydrogens (tertiary/aromatic N) is 2. The summed E-state index contributed by atoms with van der Waals surface area (Å²) < 4.78 is 5.38. The average Bonchev–Trinajstić information content (AvgIpc) is 3.19. The van der Waals surface area contributed by atoms with Gasteiger partial charge in [0.2, 0.25) is 5.91 Å². The van der Waals surface area contributed by atoms with Gasteiger partial charge in [0.05, 0.1) is 6.61 Å². The van der Waals surface area contributed by atoms with Gasteiger partial charge in [-0.3, -0.25) is 9.69 Å². The Morgan fingerprint density at radius 3 is 2.42 bits per heavy atom. The Balaban J connectivity index is 1.29. The van der Waals surface area contributed by atoms with E-state index >= 15 is 0 Å². The zero-order valence-electron chi connectivity index (χ0n) is 16.2. The molecule has 2 fully saturated rings. The lowest BCUT2D eigenvalue weighted by Crippen LogP contribution is -2.54. The summed E-state index contributed by atoms with van der Waals surface area (Å²) in [7, 11) is 4.05. The van der Waals surface area contributed by atoms with Crippen molar-refractivity contribution in [2.24, 2.45) is 5.92 Å². The van der Waals surface area contributed by atoms with Crippen molar-refractivity contribution >= 4 is 5.91 Å². The zero-order chi connectivity index (χ0) is 18.1. The number of amides is 1. The number of piperidine rings is 1. The van der Waals surface area contributed by atoms with Gasteiger partial charge in [0.15, 0.2) is 0 Å². The quantitative estimate of drug-likeness (QED) is 0.832. The summed E-state index contributed by atoms with van der Waals surface area (Å²) >= 11 is 0. The number of methoxy groups -OCH3 is 1. The third-order valence-electron chi connectivity index (χ3n) is 7.24. The predicted molar refractivity (Wildman–Crippen MR) is 103 cm³/mol. The number of carbonyl (C=O) groups excluding carboxylic acids is 1. The van der Waals surface area contributed by atoms with Gasteiger partial charge in [0.1, 0.15) is 0 Å². The summed E-state index contributed by atoms with van der Waals surface area (Å²) in [4.78, 5) is 17.5. The first-order valence-electron chi connectivity index (χ1n) is 10.2. The van der Waals surface area contributed by atoms with Crippen molar-refractivity contribution in [3.8, 4) is 0 Å². The molecule has 4 heteroatoms. The minimum absolute atomic E-state index is 0.295. The Hall–Kier alpha value is -1.39. The minimum atomic E-state index is 0.295. The monoisotopic (exact) mass is 356 g/mol. The van der Waals surface area contributed by atoms with Crippen molar-refractivity contribution in [2.45, 2.75) is 56.5 Å². The van der Waals surface area contributed by atoms with Gasteiger partial charge >= 0.3 is 0 Å². The third-order valence-corrected chi connectivity index (χ3v) is 7.24. The van der Waals surface area contributed by atoms with E-state index in [2.05, 4.69) is 41.1 Å². The van der Waals surface area contributed by atoms with Crippen molar-refractivity contribution in [1.82, 2.24) is 9.80 Å². The number of hydrogen-bond donors (Lipinski definition) is 0. The Morgan fingerprint density at radius 2 is 1.81 bits per heavy atom. The molecule has 2 heterocycles.